The Morgan fingerprint density at radius 3 is 1.94 bits per heavy atom. The van der Waals surface area contributed by atoms with Crippen LogP contribution in [0.3, 0.4) is 0 Å². The van der Waals surface area contributed by atoms with Gasteiger partial charge in [-0.2, -0.15) is 4.57 Å². The van der Waals surface area contributed by atoms with Crippen LogP contribution in [0.4, 0.5) is 5.69 Å². The molecule has 0 saturated carbocycles. The topological polar surface area (TPSA) is 79.1 Å². The Kier molecular flexibility index (Phi) is 5.53. The number of H-pyrrole nitrogens is 1. The fraction of sp³-hybridized carbons (Fsp3) is 0.143. The normalized spacial score (nSPS) is 13.7. The van der Waals surface area contributed by atoms with E-state index in [-0.39, 0.29) is 22.4 Å². The van der Waals surface area contributed by atoms with Gasteiger partial charge in [-0.1, -0.05) is 43.3 Å². The van der Waals surface area contributed by atoms with Crippen LogP contribution in [0.25, 0.3) is 17.0 Å². The van der Waals surface area contributed by atoms with Crippen molar-refractivity contribution in [2.45, 2.75) is 27.2 Å². The van der Waals surface area contributed by atoms with E-state index in [9.17, 15) is 14.4 Å². The number of rotatable bonds is 5. The number of benzene rings is 2. The Balaban J connectivity index is 1.81. The minimum atomic E-state index is -0.520. The lowest BCUT2D eigenvalue weighted by Gasteiger charge is -2.13. The van der Waals surface area contributed by atoms with Gasteiger partial charge in [0.1, 0.15) is 5.57 Å². The number of carbonyl (C=O) groups is 2. The Hall–Kier alpha value is -4.52. The smallest absolute Gasteiger partial charge is 0.294 e. The lowest BCUT2D eigenvalue weighted by molar-refractivity contribution is -0.577. The molecule has 4 aromatic rings. The highest BCUT2D eigenvalue weighted by Gasteiger charge is 2.48. The van der Waals surface area contributed by atoms with Crippen molar-refractivity contribution in [2.75, 3.05) is 4.90 Å². The maximum absolute atomic E-state index is 13.9. The summed E-state index contributed by atoms with van der Waals surface area (Å²) in [7, 11) is 0. The van der Waals surface area contributed by atoms with Crippen LogP contribution in [-0.2, 0) is 16.0 Å². The highest BCUT2D eigenvalue weighted by molar-refractivity contribution is 6.53. The number of imide groups is 1. The monoisotopic (exact) mass is 465 g/mol. The van der Waals surface area contributed by atoms with Gasteiger partial charge in [0.25, 0.3) is 17.2 Å². The molecule has 0 aliphatic carbocycles. The summed E-state index contributed by atoms with van der Waals surface area (Å²) in [5.74, 6) is -0.992. The molecule has 7 heteroatoms. The van der Waals surface area contributed by atoms with E-state index in [1.54, 1.807) is 41.2 Å². The van der Waals surface area contributed by atoms with Crippen molar-refractivity contribution in [2.24, 2.45) is 0 Å². The number of amides is 2. The molecule has 1 N–H and O–H groups in total. The van der Waals surface area contributed by atoms with Gasteiger partial charge in [0.2, 0.25) is 0 Å². The van der Waals surface area contributed by atoms with Gasteiger partial charge in [-0.3, -0.25) is 19.5 Å². The van der Waals surface area contributed by atoms with E-state index in [1.807, 2.05) is 63.2 Å². The first-order valence-corrected chi connectivity index (χ1v) is 11.5. The lowest BCUT2D eigenvalue weighted by atomic mass is 10.0. The number of hydrogen-bond acceptors (Lipinski definition) is 3. The Labute approximate surface area is 202 Å². The number of para-hydroxylation sites is 2. The Morgan fingerprint density at radius 2 is 1.37 bits per heavy atom. The third-order valence-corrected chi connectivity index (χ3v) is 6.06. The van der Waals surface area contributed by atoms with Crippen molar-refractivity contribution in [1.29, 1.82) is 0 Å². The molecule has 1 aliphatic rings. The molecule has 2 aromatic heterocycles. The quantitative estimate of drug-likeness (QED) is 0.362. The van der Waals surface area contributed by atoms with Gasteiger partial charge in [-0.15, -0.1) is 0 Å². The number of pyridine rings is 1. The molecule has 0 unspecified atom stereocenters. The van der Waals surface area contributed by atoms with Gasteiger partial charge >= 0.3 is 5.91 Å². The van der Waals surface area contributed by atoms with Gasteiger partial charge < -0.3 is 0 Å². The van der Waals surface area contributed by atoms with Gasteiger partial charge in [0, 0.05) is 16.8 Å². The third kappa shape index (κ3) is 3.71. The molecular formula is C28H25N4O3+. The number of nitrogens with one attached hydrogen (secondary N) is 1. The molecule has 3 heterocycles. The third-order valence-electron chi connectivity index (χ3n) is 6.06. The van der Waals surface area contributed by atoms with Gasteiger partial charge in [-0.05, 0) is 50.6 Å². The van der Waals surface area contributed by atoms with E-state index in [1.165, 1.54) is 4.68 Å². The number of anilines is 1. The number of aromatic amines is 1. The molecule has 5 rings (SSSR count). The number of hydrogen-bond donors (Lipinski definition) is 1. The average Bonchev–Trinajstić information content (AvgIpc) is 3.31. The second-order valence-electron chi connectivity index (χ2n) is 8.60. The maximum Gasteiger partial charge on any atom is 0.331 e. The van der Waals surface area contributed by atoms with Crippen molar-refractivity contribution in [1.82, 2.24) is 9.78 Å². The lowest BCUT2D eigenvalue weighted by Crippen LogP contribution is -2.40. The Morgan fingerprint density at radius 1 is 0.800 bits per heavy atom. The second kappa shape index (κ2) is 8.68. The van der Waals surface area contributed by atoms with Crippen molar-refractivity contribution in [3.05, 3.63) is 112 Å². The molecule has 7 nitrogen and oxygen atoms in total. The minimum absolute atomic E-state index is 0.0987. The summed E-state index contributed by atoms with van der Waals surface area (Å²) in [6, 6.07) is 19.9. The molecule has 1 aliphatic heterocycles. The maximum atomic E-state index is 13.9. The fourth-order valence-electron chi connectivity index (χ4n) is 4.59. The summed E-state index contributed by atoms with van der Waals surface area (Å²) in [5.41, 5.74) is 3.67. The Bertz CT molecular complexity index is 1530. The first-order chi connectivity index (χ1) is 16.9. The summed E-state index contributed by atoms with van der Waals surface area (Å²) in [4.78, 5) is 42.6. The molecule has 2 amide bonds. The zero-order valence-electron chi connectivity index (χ0n) is 19.8. The first-order valence-electron chi connectivity index (χ1n) is 11.5. The van der Waals surface area contributed by atoms with Crippen LogP contribution in [0.5, 0.6) is 0 Å². The van der Waals surface area contributed by atoms with Gasteiger partial charge in [0.15, 0.2) is 12.4 Å². The standard InChI is InChI=1S/C28H24N4O3/c1-4-22-23(27(34)32(29-22)21-13-9-6-10-14-21)24-25(30-16-18(2)15-19(3)17-30)28(35)31(26(24)33)20-11-7-5-8-12-20/h5-17H,4H2,1-3H3/p+1. The van der Waals surface area contributed by atoms with Crippen LogP contribution in [-0.4, -0.2) is 21.6 Å². The van der Waals surface area contributed by atoms with Crippen LogP contribution < -0.4 is 15.0 Å². The number of aromatic nitrogens is 3. The molecule has 2 aromatic carbocycles. The van der Waals surface area contributed by atoms with Crippen LogP contribution in [0, 0.1) is 13.8 Å². The van der Waals surface area contributed by atoms with Crippen molar-refractivity contribution >= 4 is 28.8 Å². The summed E-state index contributed by atoms with van der Waals surface area (Å²) in [6.45, 7) is 5.76. The summed E-state index contributed by atoms with van der Waals surface area (Å²) < 4.78 is 3.09. The van der Waals surface area contributed by atoms with E-state index in [4.69, 9.17) is 0 Å². The number of nitrogens with zero attached hydrogens (tertiary/aromatic N) is 3. The zero-order valence-corrected chi connectivity index (χ0v) is 19.8. The SMILES string of the molecule is CCc1[nH]n(-c2ccccc2)c(=O)c1C1=C([n+]2cc(C)cc(C)c2)C(=O)N(c2ccccc2)C1=O. The predicted octanol–water partition coefficient (Wildman–Crippen LogP) is 3.57. The molecular weight excluding hydrogens is 440 g/mol. The summed E-state index contributed by atoms with van der Waals surface area (Å²) >= 11 is 0. The van der Waals surface area contributed by atoms with Crippen LogP contribution in [0.1, 0.15) is 29.3 Å². The molecule has 0 spiro atoms. The van der Waals surface area contributed by atoms with E-state index in [0.29, 0.717) is 23.5 Å². The summed E-state index contributed by atoms with van der Waals surface area (Å²) in [6.07, 6.45) is 4.08. The number of aryl methyl sites for hydroxylation is 3. The van der Waals surface area contributed by atoms with Crippen LogP contribution in [0.2, 0.25) is 0 Å². The summed E-state index contributed by atoms with van der Waals surface area (Å²) in [5, 5.41) is 3.16. The van der Waals surface area contributed by atoms with Crippen molar-refractivity contribution in [3.63, 3.8) is 0 Å². The van der Waals surface area contributed by atoms with Gasteiger partial charge in [-0.25, -0.2) is 9.58 Å². The predicted molar refractivity (Wildman–Crippen MR) is 134 cm³/mol. The molecule has 0 atom stereocenters. The fourth-order valence-corrected chi connectivity index (χ4v) is 4.59. The van der Waals surface area contributed by atoms with Gasteiger partial charge in [0.05, 0.1) is 16.9 Å². The van der Waals surface area contributed by atoms with E-state index in [0.717, 1.165) is 16.0 Å². The highest BCUT2D eigenvalue weighted by atomic mass is 16.2. The van der Waals surface area contributed by atoms with Crippen molar-refractivity contribution < 1.29 is 14.2 Å². The highest BCUT2D eigenvalue weighted by Crippen LogP contribution is 2.33. The zero-order chi connectivity index (χ0) is 24.7. The van der Waals surface area contributed by atoms with E-state index >= 15 is 0 Å². The largest absolute Gasteiger partial charge is 0.331 e. The molecule has 0 radical (unpaired) electrons. The molecule has 35 heavy (non-hydrogen) atoms. The van der Waals surface area contributed by atoms with Crippen LogP contribution >= 0.6 is 0 Å². The first kappa shape index (κ1) is 22.3. The minimum Gasteiger partial charge on any atom is -0.294 e. The number of carbonyl (C=O) groups excluding carboxylic acids is 2. The van der Waals surface area contributed by atoms with E-state index in [2.05, 4.69) is 5.10 Å². The molecule has 174 valence electrons. The molecule has 0 bridgehead atoms. The second-order valence-corrected chi connectivity index (χ2v) is 8.60. The van der Waals surface area contributed by atoms with Crippen molar-refractivity contribution in [3.8, 4) is 5.69 Å². The van der Waals surface area contributed by atoms with Crippen LogP contribution in [0.15, 0.2) is 83.9 Å². The van der Waals surface area contributed by atoms with E-state index < -0.39 is 11.8 Å². The molecule has 0 fully saturated rings. The molecule has 0 saturated heterocycles. The average molecular weight is 466 g/mol.